The Balaban J connectivity index is 1.75. The molecule has 6 heteroatoms. The van der Waals surface area contributed by atoms with Crippen molar-refractivity contribution >= 4 is 23.3 Å². The van der Waals surface area contributed by atoms with Crippen molar-refractivity contribution in [3.63, 3.8) is 0 Å². The molecule has 1 N–H and O–H groups in total. The van der Waals surface area contributed by atoms with Crippen molar-refractivity contribution in [1.29, 1.82) is 0 Å². The largest absolute Gasteiger partial charge is 0.465 e. The second-order valence-corrected chi connectivity index (χ2v) is 5.51. The number of para-hydroxylation sites is 1. The molecule has 0 aromatic heterocycles. The topological polar surface area (TPSA) is 70.1 Å². The molecule has 6 nitrogen and oxygen atoms in total. The van der Waals surface area contributed by atoms with Gasteiger partial charge in [0.1, 0.15) is 6.04 Å². The number of anilines is 2. The summed E-state index contributed by atoms with van der Waals surface area (Å²) in [7, 11) is 1.31. The Labute approximate surface area is 139 Å². The van der Waals surface area contributed by atoms with E-state index >= 15 is 0 Å². The number of carbonyl (C=O) groups is 2. The van der Waals surface area contributed by atoms with Crippen LogP contribution in [0.5, 0.6) is 0 Å². The molecule has 1 fully saturated rings. The number of nitrogens with zero attached hydrogens (tertiary/aromatic N) is 2. The lowest BCUT2D eigenvalue weighted by atomic mass is 10.1. The summed E-state index contributed by atoms with van der Waals surface area (Å²) in [5.41, 5.74) is 1.66. The molecule has 2 aromatic rings. The van der Waals surface area contributed by atoms with Gasteiger partial charge in [-0.25, -0.2) is 9.86 Å². The lowest BCUT2D eigenvalue weighted by molar-refractivity contribution is -0.119. The minimum atomic E-state index is -0.644. The molecule has 0 bridgehead atoms. The Morgan fingerprint density at radius 1 is 1.17 bits per heavy atom. The number of benzene rings is 2. The monoisotopic (exact) mass is 326 g/mol. The average molecular weight is 326 g/mol. The summed E-state index contributed by atoms with van der Waals surface area (Å²) < 4.78 is 4.64. The molecule has 124 valence electrons. The van der Waals surface area contributed by atoms with Crippen molar-refractivity contribution in [2.45, 2.75) is 12.5 Å². The zero-order valence-electron chi connectivity index (χ0n) is 13.3. The van der Waals surface area contributed by atoms with E-state index < -0.39 is 12.0 Å². The highest BCUT2D eigenvalue weighted by atomic mass is 16.5. The van der Waals surface area contributed by atoms with Gasteiger partial charge in [0, 0.05) is 12.2 Å². The standard InChI is InChI=1S/C18H18N2O4/c1-24-18(22)13-7-9-15(10-8-13)20(23)16-11-12-19(17(16)21)14-5-3-2-4-6-14/h2-10,16,23H,11-12H2,1H3. The van der Waals surface area contributed by atoms with Crippen LogP contribution in [-0.2, 0) is 9.53 Å². The molecular formula is C18H18N2O4. The van der Waals surface area contributed by atoms with Crippen LogP contribution in [-0.4, -0.2) is 36.8 Å². The van der Waals surface area contributed by atoms with E-state index in [-0.39, 0.29) is 5.91 Å². The van der Waals surface area contributed by atoms with Gasteiger partial charge in [0.25, 0.3) is 5.91 Å². The first-order valence-corrected chi connectivity index (χ1v) is 7.64. The summed E-state index contributed by atoms with van der Waals surface area (Å²) in [6, 6.07) is 15.0. The van der Waals surface area contributed by atoms with Gasteiger partial charge in [-0.05, 0) is 42.8 Å². The minimum absolute atomic E-state index is 0.152. The van der Waals surface area contributed by atoms with Gasteiger partial charge in [-0.2, -0.15) is 0 Å². The van der Waals surface area contributed by atoms with Crippen molar-refractivity contribution in [3.05, 3.63) is 60.2 Å². The van der Waals surface area contributed by atoms with Crippen molar-refractivity contribution in [2.75, 3.05) is 23.6 Å². The van der Waals surface area contributed by atoms with Gasteiger partial charge in [-0.3, -0.25) is 10.0 Å². The van der Waals surface area contributed by atoms with Crippen molar-refractivity contribution in [2.24, 2.45) is 0 Å². The second-order valence-electron chi connectivity index (χ2n) is 5.51. The summed E-state index contributed by atoms with van der Waals surface area (Å²) in [5, 5.41) is 11.4. The number of hydrogen-bond acceptors (Lipinski definition) is 5. The Morgan fingerprint density at radius 3 is 2.46 bits per heavy atom. The Hall–Kier alpha value is -2.86. The van der Waals surface area contributed by atoms with E-state index in [1.165, 1.54) is 7.11 Å². The van der Waals surface area contributed by atoms with Crippen LogP contribution < -0.4 is 9.96 Å². The molecular weight excluding hydrogens is 308 g/mol. The molecule has 1 aliphatic heterocycles. The van der Waals surface area contributed by atoms with Crippen LogP contribution in [0.25, 0.3) is 0 Å². The summed E-state index contributed by atoms with van der Waals surface area (Å²) in [5.74, 6) is -0.598. The quantitative estimate of drug-likeness (QED) is 0.690. The van der Waals surface area contributed by atoms with Crippen LogP contribution in [0.3, 0.4) is 0 Å². The van der Waals surface area contributed by atoms with Crippen LogP contribution in [0.15, 0.2) is 54.6 Å². The second kappa shape index (κ2) is 6.72. The lowest BCUT2D eigenvalue weighted by Crippen LogP contribution is -2.40. The third-order valence-corrected chi connectivity index (χ3v) is 4.09. The predicted molar refractivity (Wildman–Crippen MR) is 89.2 cm³/mol. The molecule has 1 heterocycles. The van der Waals surface area contributed by atoms with E-state index in [0.29, 0.717) is 24.2 Å². The van der Waals surface area contributed by atoms with Gasteiger partial charge in [0.05, 0.1) is 18.4 Å². The third-order valence-electron chi connectivity index (χ3n) is 4.09. The molecule has 3 rings (SSSR count). The fourth-order valence-electron chi connectivity index (χ4n) is 2.80. The van der Waals surface area contributed by atoms with Crippen LogP contribution in [0, 0.1) is 0 Å². The van der Waals surface area contributed by atoms with Gasteiger partial charge in [0.2, 0.25) is 0 Å². The number of hydroxylamine groups is 1. The smallest absolute Gasteiger partial charge is 0.337 e. The molecule has 0 radical (unpaired) electrons. The molecule has 1 unspecified atom stereocenters. The molecule has 0 saturated carbocycles. The summed E-state index contributed by atoms with van der Waals surface area (Å²) in [4.78, 5) is 25.7. The normalized spacial score (nSPS) is 17.0. The van der Waals surface area contributed by atoms with Crippen LogP contribution >= 0.6 is 0 Å². The first-order valence-electron chi connectivity index (χ1n) is 7.64. The Kier molecular flexibility index (Phi) is 4.48. The molecule has 0 spiro atoms. The van der Waals surface area contributed by atoms with E-state index in [2.05, 4.69) is 4.74 Å². The van der Waals surface area contributed by atoms with Crippen molar-refractivity contribution in [3.8, 4) is 0 Å². The Bertz CT molecular complexity index is 730. The van der Waals surface area contributed by atoms with Crippen molar-refractivity contribution < 1.29 is 19.5 Å². The first kappa shape index (κ1) is 16.0. The van der Waals surface area contributed by atoms with Crippen LogP contribution in [0.1, 0.15) is 16.8 Å². The van der Waals surface area contributed by atoms with Gasteiger partial charge >= 0.3 is 5.97 Å². The number of ether oxygens (including phenoxy) is 1. The van der Waals surface area contributed by atoms with E-state index in [1.807, 2.05) is 30.3 Å². The number of methoxy groups -OCH3 is 1. The minimum Gasteiger partial charge on any atom is -0.465 e. The van der Waals surface area contributed by atoms with E-state index in [4.69, 9.17) is 0 Å². The van der Waals surface area contributed by atoms with Gasteiger partial charge in [-0.15, -0.1) is 0 Å². The molecule has 1 amide bonds. The number of hydrogen-bond donors (Lipinski definition) is 1. The zero-order valence-corrected chi connectivity index (χ0v) is 13.3. The Morgan fingerprint density at radius 2 is 1.83 bits per heavy atom. The summed E-state index contributed by atoms with van der Waals surface area (Å²) in [6.45, 7) is 0.546. The fraction of sp³-hybridized carbons (Fsp3) is 0.222. The molecule has 1 saturated heterocycles. The third kappa shape index (κ3) is 2.96. The number of esters is 1. The lowest BCUT2D eigenvalue weighted by Gasteiger charge is -2.23. The highest BCUT2D eigenvalue weighted by Gasteiger charge is 2.36. The first-order chi connectivity index (χ1) is 11.6. The van der Waals surface area contributed by atoms with E-state index in [0.717, 1.165) is 10.8 Å². The summed E-state index contributed by atoms with van der Waals surface area (Å²) in [6.07, 6.45) is 0.517. The maximum absolute atomic E-state index is 12.6. The molecule has 2 aromatic carbocycles. The zero-order chi connectivity index (χ0) is 17.1. The average Bonchev–Trinajstić information content (AvgIpc) is 3.02. The number of amides is 1. The van der Waals surface area contributed by atoms with Gasteiger partial charge in [0.15, 0.2) is 0 Å². The van der Waals surface area contributed by atoms with E-state index in [1.54, 1.807) is 29.2 Å². The summed E-state index contributed by atoms with van der Waals surface area (Å²) >= 11 is 0. The molecule has 1 atom stereocenters. The highest BCUT2D eigenvalue weighted by Crippen LogP contribution is 2.26. The molecule has 1 aliphatic rings. The number of rotatable bonds is 4. The van der Waals surface area contributed by atoms with Crippen LogP contribution in [0.4, 0.5) is 11.4 Å². The molecule has 0 aliphatic carbocycles. The molecule has 24 heavy (non-hydrogen) atoms. The fourth-order valence-corrected chi connectivity index (χ4v) is 2.80. The van der Waals surface area contributed by atoms with Crippen LogP contribution in [0.2, 0.25) is 0 Å². The predicted octanol–water partition coefficient (Wildman–Crippen LogP) is 2.47. The maximum Gasteiger partial charge on any atom is 0.337 e. The number of carbonyl (C=O) groups excluding carboxylic acids is 2. The van der Waals surface area contributed by atoms with E-state index in [9.17, 15) is 14.8 Å². The highest BCUT2D eigenvalue weighted by molar-refractivity contribution is 6.01. The SMILES string of the molecule is COC(=O)c1ccc(N(O)C2CCN(c3ccccc3)C2=O)cc1. The maximum atomic E-state index is 12.6. The van der Waals surface area contributed by atoms with Crippen molar-refractivity contribution in [1.82, 2.24) is 0 Å². The van der Waals surface area contributed by atoms with Gasteiger partial charge < -0.3 is 9.64 Å². The van der Waals surface area contributed by atoms with Gasteiger partial charge in [-0.1, -0.05) is 18.2 Å².